The van der Waals surface area contributed by atoms with Gasteiger partial charge in [0.1, 0.15) is 11.4 Å². The van der Waals surface area contributed by atoms with E-state index in [9.17, 15) is 18.8 Å². The number of halogens is 2. The van der Waals surface area contributed by atoms with Gasteiger partial charge in [-0.2, -0.15) is 0 Å². The first-order chi connectivity index (χ1) is 12.5. The normalized spacial score (nSPS) is 10.5. The summed E-state index contributed by atoms with van der Waals surface area (Å²) < 4.78 is 13.6. The summed E-state index contributed by atoms with van der Waals surface area (Å²) >= 11 is 5.64. The SMILES string of the molecule is O=C(CNC(=O)c1c[nH]c2ccccc2c1=O)Nc1ccc(Cl)cc1F. The molecule has 0 saturated carbocycles. The minimum atomic E-state index is -0.705. The van der Waals surface area contributed by atoms with Crippen LogP contribution < -0.4 is 16.1 Å². The first-order valence-corrected chi connectivity index (χ1v) is 7.97. The van der Waals surface area contributed by atoms with Crippen molar-refractivity contribution in [2.24, 2.45) is 0 Å². The van der Waals surface area contributed by atoms with Crippen LogP contribution in [0.25, 0.3) is 10.9 Å². The van der Waals surface area contributed by atoms with E-state index in [0.29, 0.717) is 10.9 Å². The van der Waals surface area contributed by atoms with Gasteiger partial charge in [-0.3, -0.25) is 14.4 Å². The molecule has 0 aliphatic rings. The first-order valence-electron chi connectivity index (χ1n) is 7.59. The van der Waals surface area contributed by atoms with Crippen molar-refractivity contribution in [3.8, 4) is 0 Å². The largest absolute Gasteiger partial charge is 0.360 e. The molecule has 3 aromatic rings. The third-order valence-corrected chi connectivity index (χ3v) is 3.88. The fourth-order valence-corrected chi connectivity index (χ4v) is 2.54. The molecule has 2 amide bonds. The molecular weight excluding hydrogens is 361 g/mol. The average molecular weight is 374 g/mol. The number of benzene rings is 2. The molecule has 0 atom stereocenters. The average Bonchev–Trinajstić information content (AvgIpc) is 2.62. The molecule has 0 aliphatic carbocycles. The number of nitrogens with one attached hydrogen (secondary N) is 3. The summed E-state index contributed by atoms with van der Waals surface area (Å²) in [6.45, 7) is -0.423. The summed E-state index contributed by atoms with van der Waals surface area (Å²) in [6.07, 6.45) is 1.29. The molecule has 26 heavy (non-hydrogen) atoms. The highest BCUT2D eigenvalue weighted by Gasteiger charge is 2.14. The van der Waals surface area contributed by atoms with E-state index >= 15 is 0 Å². The Morgan fingerprint density at radius 1 is 1.15 bits per heavy atom. The topological polar surface area (TPSA) is 91.1 Å². The lowest BCUT2D eigenvalue weighted by Crippen LogP contribution is -2.35. The predicted molar refractivity (Wildman–Crippen MR) is 96.9 cm³/mol. The summed E-state index contributed by atoms with van der Waals surface area (Å²) in [5, 5.41) is 5.22. The predicted octanol–water partition coefficient (Wildman–Crippen LogP) is 2.69. The molecule has 0 radical (unpaired) electrons. The standard InChI is InChI=1S/C18H13ClFN3O3/c19-10-5-6-15(13(20)7-10)23-16(24)9-22-18(26)12-8-21-14-4-2-1-3-11(14)17(12)25/h1-8H,9H2,(H,21,25)(H,22,26)(H,23,24). The Morgan fingerprint density at radius 3 is 2.69 bits per heavy atom. The van der Waals surface area contributed by atoms with Gasteiger partial charge >= 0.3 is 0 Å². The monoisotopic (exact) mass is 373 g/mol. The summed E-state index contributed by atoms with van der Waals surface area (Å²) in [5.74, 6) is -2.04. The van der Waals surface area contributed by atoms with Gasteiger partial charge in [0.2, 0.25) is 11.3 Å². The molecule has 0 bridgehead atoms. The zero-order valence-corrected chi connectivity index (χ0v) is 14.1. The molecule has 2 aromatic carbocycles. The lowest BCUT2D eigenvalue weighted by atomic mass is 10.1. The van der Waals surface area contributed by atoms with Gasteiger partial charge in [0.05, 0.1) is 12.2 Å². The number of carbonyl (C=O) groups is 2. The molecule has 0 unspecified atom stereocenters. The van der Waals surface area contributed by atoms with Crippen molar-refractivity contribution in [1.29, 1.82) is 0 Å². The molecular formula is C18H13ClFN3O3. The van der Waals surface area contributed by atoms with Gasteiger partial charge in [0.25, 0.3) is 5.91 Å². The second-order valence-electron chi connectivity index (χ2n) is 5.43. The second-order valence-corrected chi connectivity index (χ2v) is 5.87. The Bertz CT molecular complexity index is 1060. The third-order valence-electron chi connectivity index (χ3n) is 3.65. The van der Waals surface area contributed by atoms with Crippen LogP contribution in [0.3, 0.4) is 0 Å². The Morgan fingerprint density at radius 2 is 1.92 bits per heavy atom. The number of aromatic nitrogens is 1. The van der Waals surface area contributed by atoms with Crippen molar-refractivity contribution < 1.29 is 14.0 Å². The van der Waals surface area contributed by atoms with E-state index < -0.39 is 29.6 Å². The molecule has 132 valence electrons. The number of anilines is 1. The second kappa shape index (κ2) is 7.37. The van der Waals surface area contributed by atoms with E-state index in [0.717, 1.165) is 6.07 Å². The molecule has 3 N–H and O–H groups in total. The van der Waals surface area contributed by atoms with Gasteiger partial charge < -0.3 is 15.6 Å². The maximum Gasteiger partial charge on any atom is 0.257 e. The molecule has 3 rings (SSSR count). The number of hydrogen-bond donors (Lipinski definition) is 3. The maximum absolute atomic E-state index is 13.6. The highest BCUT2D eigenvalue weighted by molar-refractivity contribution is 6.30. The van der Waals surface area contributed by atoms with Crippen molar-refractivity contribution in [2.75, 3.05) is 11.9 Å². The van der Waals surface area contributed by atoms with Crippen LogP contribution in [0.4, 0.5) is 10.1 Å². The van der Waals surface area contributed by atoms with Crippen LogP contribution in [0.5, 0.6) is 0 Å². The number of rotatable bonds is 4. The Balaban J connectivity index is 1.68. The van der Waals surface area contributed by atoms with E-state index in [1.54, 1.807) is 24.3 Å². The van der Waals surface area contributed by atoms with Crippen LogP contribution in [0.1, 0.15) is 10.4 Å². The highest BCUT2D eigenvalue weighted by Crippen LogP contribution is 2.18. The third kappa shape index (κ3) is 3.73. The lowest BCUT2D eigenvalue weighted by Gasteiger charge is -2.08. The quantitative estimate of drug-likeness (QED) is 0.656. The van der Waals surface area contributed by atoms with E-state index in [2.05, 4.69) is 15.6 Å². The minimum absolute atomic E-state index is 0.0581. The molecule has 0 aliphatic heterocycles. The zero-order chi connectivity index (χ0) is 18.7. The van der Waals surface area contributed by atoms with E-state index in [1.165, 1.54) is 18.3 Å². The summed E-state index contributed by atoms with van der Waals surface area (Å²) in [6, 6.07) is 10.6. The minimum Gasteiger partial charge on any atom is -0.360 e. The number of H-pyrrole nitrogens is 1. The molecule has 8 heteroatoms. The van der Waals surface area contributed by atoms with Crippen molar-refractivity contribution in [1.82, 2.24) is 10.3 Å². The number of carbonyl (C=O) groups excluding carboxylic acids is 2. The molecule has 1 heterocycles. The number of hydrogen-bond acceptors (Lipinski definition) is 3. The van der Waals surface area contributed by atoms with E-state index in [4.69, 9.17) is 11.6 Å². The van der Waals surface area contributed by atoms with Crippen molar-refractivity contribution >= 4 is 40.0 Å². The molecule has 0 fully saturated rings. The van der Waals surface area contributed by atoms with Crippen LogP contribution in [0.2, 0.25) is 5.02 Å². The number of para-hydroxylation sites is 1. The molecule has 0 saturated heterocycles. The van der Waals surface area contributed by atoms with Crippen LogP contribution in [-0.4, -0.2) is 23.3 Å². The number of aromatic amines is 1. The maximum atomic E-state index is 13.6. The van der Waals surface area contributed by atoms with Crippen LogP contribution in [-0.2, 0) is 4.79 Å². The number of fused-ring (bicyclic) bond motifs is 1. The lowest BCUT2D eigenvalue weighted by molar-refractivity contribution is -0.115. The summed E-state index contributed by atoms with van der Waals surface area (Å²) in [4.78, 5) is 39.2. The fraction of sp³-hybridized carbons (Fsp3) is 0.0556. The fourth-order valence-electron chi connectivity index (χ4n) is 2.38. The first kappa shape index (κ1) is 17.6. The van der Waals surface area contributed by atoms with Crippen molar-refractivity contribution in [3.63, 3.8) is 0 Å². The van der Waals surface area contributed by atoms with Gasteiger partial charge in [-0.1, -0.05) is 23.7 Å². The Kier molecular flexibility index (Phi) is 4.99. The van der Waals surface area contributed by atoms with Crippen molar-refractivity contribution in [3.05, 3.63) is 75.3 Å². The van der Waals surface area contributed by atoms with Gasteiger partial charge in [-0.25, -0.2) is 4.39 Å². The van der Waals surface area contributed by atoms with Gasteiger partial charge in [-0.05, 0) is 30.3 Å². The summed E-state index contributed by atoms with van der Waals surface area (Å²) in [7, 11) is 0. The Labute approximate surface area is 152 Å². The van der Waals surface area contributed by atoms with Gasteiger partial charge in [0, 0.05) is 22.1 Å². The van der Waals surface area contributed by atoms with Crippen molar-refractivity contribution in [2.45, 2.75) is 0 Å². The van der Waals surface area contributed by atoms with Crippen LogP contribution in [0.15, 0.2) is 53.5 Å². The molecule has 6 nitrogen and oxygen atoms in total. The van der Waals surface area contributed by atoms with E-state index in [-0.39, 0.29) is 16.3 Å². The summed E-state index contributed by atoms with van der Waals surface area (Å²) in [5.41, 5.74) is -0.0163. The van der Waals surface area contributed by atoms with Gasteiger partial charge in [-0.15, -0.1) is 0 Å². The molecule has 1 aromatic heterocycles. The zero-order valence-electron chi connectivity index (χ0n) is 13.3. The van der Waals surface area contributed by atoms with Crippen LogP contribution in [0, 0.1) is 5.82 Å². The highest BCUT2D eigenvalue weighted by atomic mass is 35.5. The number of pyridine rings is 1. The smallest absolute Gasteiger partial charge is 0.257 e. The van der Waals surface area contributed by atoms with Gasteiger partial charge in [0.15, 0.2) is 0 Å². The molecule has 0 spiro atoms. The van der Waals surface area contributed by atoms with Crippen LogP contribution >= 0.6 is 11.6 Å². The van der Waals surface area contributed by atoms with E-state index in [1.807, 2.05) is 0 Å². The Hall–Kier alpha value is -3.19. The number of amides is 2.